The number of carbonyl (C=O) groups is 2. The highest BCUT2D eigenvalue weighted by Crippen LogP contribution is 2.15. The third-order valence-electron chi connectivity index (χ3n) is 2.42. The summed E-state index contributed by atoms with van der Waals surface area (Å²) < 4.78 is 13.4. The molecule has 1 aliphatic heterocycles. The van der Waals surface area contributed by atoms with Crippen LogP contribution in [0.2, 0.25) is 0 Å². The van der Waals surface area contributed by atoms with E-state index in [4.69, 9.17) is 5.84 Å². The number of carbonyl (C=O) groups excluding carboxylic acids is 2. The highest BCUT2D eigenvalue weighted by atomic mass is 19.1. The maximum absolute atomic E-state index is 13.4. The maximum atomic E-state index is 13.4. The molecule has 1 unspecified atom stereocenters. The van der Waals surface area contributed by atoms with E-state index < -0.39 is 17.8 Å². The molecule has 2 amide bonds. The number of nitrogens with two attached hydrogens (primary N) is 1. The SMILES string of the molecule is NNc1ncc(F)c(NC2CCC(=O)NC2=O)n1. The van der Waals surface area contributed by atoms with Gasteiger partial charge in [-0.05, 0) is 6.42 Å². The summed E-state index contributed by atoms with van der Waals surface area (Å²) in [5, 5.41) is 4.76. The molecule has 2 rings (SSSR count). The zero-order chi connectivity index (χ0) is 13.1. The van der Waals surface area contributed by atoms with Crippen molar-refractivity contribution in [3.63, 3.8) is 0 Å². The average molecular weight is 254 g/mol. The molecule has 1 atom stereocenters. The normalized spacial score (nSPS) is 19.3. The fourth-order valence-corrected chi connectivity index (χ4v) is 1.53. The van der Waals surface area contributed by atoms with Crippen LogP contribution in [0.4, 0.5) is 16.2 Å². The van der Waals surface area contributed by atoms with E-state index in [1.807, 2.05) is 0 Å². The lowest BCUT2D eigenvalue weighted by atomic mass is 10.1. The zero-order valence-electron chi connectivity index (χ0n) is 9.24. The lowest BCUT2D eigenvalue weighted by Gasteiger charge is -2.22. The molecular formula is C9H11FN6O2. The van der Waals surface area contributed by atoms with E-state index >= 15 is 0 Å². The average Bonchev–Trinajstić information content (AvgIpc) is 2.35. The summed E-state index contributed by atoms with van der Waals surface area (Å²) >= 11 is 0. The van der Waals surface area contributed by atoms with Crippen molar-refractivity contribution in [3.05, 3.63) is 12.0 Å². The van der Waals surface area contributed by atoms with Crippen molar-refractivity contribution in [1.82, 2.24) is 15.3 Å². The minimum absolute atomic E-state index is 0.0196. The largest absolute Gasteiger partial charge is 0.356 e. The number of amides is 2. The van der Waals surface area contributed by atoms with Crippen LogP contribution in [0.3, 0.4) is 0 Å². The number of halogens is 1. The number of imide groups is 1. The summed E-state index contributed by atoms with van der Waals surface area (Å²) in [4.78, 5) is 29.7. The van der Waals surface area contributed by atoms with Crippen molar-refractivity contribution in [1.29, 1.82) is 0 Å². The van der Waals surface area contributed by atoms with Gasteiger partial charge in [0.2, 0.25) is 17.8 Å². The van der Waals surface area contributed by atoms with E-state index in [0.717, 1.165) is 6.20 Å². The third kappa shape index (κ3) is 2.51. The van der Waals surface area contributed by atoms with Gasteiger partial charge in [0.15, 0.2) is 11.6 Å². The summed E-state index contributed by atoms with van der Waals surface area (Å²) in [6.45, 7) is 0. The molecule has 96 valence electrons. The Labute approximate surface area is 101 Å². The molecule has 0 aromatic carbocycles. The molecule has 9 heteroatoms. The van der Waals surface area contributed by atoms with Crippen molar-refractivity contribution in [2.24, 2.45) is 5.84 Å². The standard InChI is InChI=1S/C9H11FN6O2/c10-4-3-12-9(16-11)15-7(4)13-5-1-2-6(17)14-8(5)18/h3,5H,1-2,11H2,(H,14,17,18)(H2,12,13,15,16). The number of aromatic nitrogens is 2. The van der Waals surface area contributed by atoms with Gasteiger partial charge in [-0.2, -0.15) is 4.98 Å². The topological polar surface area (TPSA) is 122 Å². The van der Waals surface area contributed by atoms with Gasteiger partial charge in [0.25, 0.3) is 0 Å². The first-order valence-electron chi connectivity index (χ1n) is 5.19. The van der Waals surface area contributed by atoms with Gasteiger partial charge in [-0.1, -0.05) is 0 Å². The van der Waals surface area contributed by atoms with Crippen molar-refractivity contribution in [2.45, 2.75) is 18.9 Å². The van der Waals surface area contributed by atoms with Gasteiger partial charge in [0.1, 0.15) is 6.04 Å². The van der Waals surface area contributed by atoms with Gasteiger partial charge in [0, 0.05) is 6.42 Å². The molecule has 0 spiro atoms. The van der Waals surface area contributed by atoms with E-state index in [1.54, 1.807) is 0 Å². The van der Waals surface area contributed by atoms with Crippen LogP contribution in [0.5, 0.6) is 0 Å². The van der Waals surface area contributed by atoms with Crippen LogP contribution in [-0.2, 0) is 9.59 Å². The summed E-state index contributed by atoms with van der Waals surface area (Å²) in [5.41, 5.74) is 2.17. The zero-order valence-corrected chi connectivity index (χ0v) is 9.24. The number of hydrogen-bond donors (Lipinski definition) is 4. The molecule has 1 aromatic heterocycles. The Morgan fingerprint density at radius 1 is 1.50 bits per heavy atom. The fourth-order valence-electron chi connectivity index (χ4n) is 1.53. The van der Waals surface area contributed by atoms with Gasteiger partial charge in [-0.3, -0.25) is 20.3 Å². The van der Waals surface area contributed by atoms with Crippen LogP contribution in [0, 0.1) is 5.82 Å². The second-order valence-corrected chi connectivity index (χ2v) is 3.68. The van der Waals surface area contributed by atoms with Crippen LogP contribution in [0.1, 0.15) is 12.8 Å². The summed E-state index contributed by atoms with van der Waals surface area (Å²) in [7, 11) is 0. The van der Waals surface area contributed by atoms with Crippen LogP contribution in [-0.4, -0.2) is 27.8 Å². The lowest BCUT2D eigenvalue weighted by Crippen LogP contribution is -2.47. The van der Waals surface area contributed by atoms with Gasteiger partial charge < -0.3 is 5.32 Å². The Bertz CT molecular complexity index is 494. The number of piperidine rings is 1. The van der Waals surface area contributed by atoms with Crippen LogP contribution in [0.25, 0.3) is 0 Å². The van der Waals surface area contributed by atoms with E-state index in [0.29, 0.717) is 0 Å². The van der Waals surface area contributed by atoms with Crippen LogP contribution < -0.4 is 21.9 Å². The van der Waals surface area contributed by atoms with Crippen molar-refractivity contribution >= 4 is 23.6 Å². The predicted octanol–water partition coefficient (Wildman–Crippen LogP) is -0.882. The molecule has 8 nitrogen and oxygen atoms in total. The number of nitrogens with one attached hydrogen (secondary N) is 3. The van der Waals surface area contributed by atoms with Gasteiger partial charge >= 0.3 is 0 Å². The Kier molecular flexibility index (Phi) is 3.33. The minimum Gasteiger partial charge on any atom is -0.356 e. The Morgan fingerprint density at radius 3 is 2.94 bits per heavy atom. The second-order valence-electron chi connectivity index (χ2n) is 3.68. The number of hydrazine groups is 1. The van der Waals surface area contributed by atoms with E-state index in [-0.39, 0.29) is 30.5 Å². The lowest BCUT2D eigenvalue weighted by molar-refractivity contribution is -0.133. The first-order valence-corrected chi connectivity index (χ1v) is 5.19. The van der Waals surface area contributed by atoms with Crippen molar-refractivity contribution < 1.29 is 14.0 Å². The Morgan fingerprint density at radius 2 is 2.28 bits per heavy atom. The first kappa shape index (κ1) is 12.2. The summed E-state index contributed by atoms with van der Waals surface area (Å²) in [6, 6.07) is -0.710. The molecule has 0 bridgehead atoms. The molecule has 2 heterocycles. The second kappa shape index (κ2) is 4.92. The molecule has 1 aromatic rings. The number of anilines is 2. The smallest absolute Gasteiger partial charge is 0.249 e. The van der Waals surface area contributed by atoms with Crippen molar-refractivity contribution in [3.8, 4) is 0 Å². The van der Waals surface area contributed by atoms with E-state index in [1.165, 1.54) is 0 Å². The number of nitrogens with zero attached hydrogens (tertiary/aromatic N) is 2. The van der Waals surface area contributed by atoms with Gasteiger partial charge in [-0.15, -0.1) is 0 Å². The third-order valence-corrected chi connectivity index (χ3v) is 2.42. The molecule has 1 aliphatic rings. The van der Waals surface area contributed by atoms with Crippen molar-refractivity contribution in [2.75, 3.05) is 10.7 Å². The van der Waals surface area contributed by atoms with E-state index in [2.05, 4.69) is 26.0 Å². The number of hydrogen-bond acceptors (Lipinski definition) is 7. The molecular weight excluding hydrogens is 243 g/mol. The first-order chi connectivity index (χ1) is 8.60. The van der Waals surface area contributed by atoms with Gasteiger partial charge in [0.05, 0.1) is 6.20 Å². The molecule has 1 saturated heterocycles. The van der Waals surface area contributed by atoms with Crippen LogP contribution in [0.15, 0.2) is 6.20 Å². The Hall–Kier alpha value is -2.29. The van der Waals surface area contributed by atoms with Crippen LogP contribution >= 0.6 is 0 Å². The maximum Gasteiger partial charge on any atom is 0.249 e. The molecule has 0 saturated carbocycles. The highest BCUT2D eigenvalue weighted by molar-refractivity contribution is 6.01. The number of nitrogen functional groups attached to an aromatic ring is 1. The van der Waals surface area contributed by atoms with E-state index in [9.17, 15) is 14.0 Å². The minimum atomic E-state index is -0.710. The molecule has 18 heavy (non-hydrogen) atoms. The summed E-state index contributed by atoms with van der Waals surface area (Å²) in [5.74, 6) is 3.41. The fraction of sp³-hybridized carbons (Fsp3) is 0.333. The van der Waals surface area contributed by atoms with Gasteiger partial charge in [-0.25, -0.2) is 15.2 Å². The highest BCUT2D eigenvalue weighted by Gasteiger charge is 2.27. The molecule has 1 fully saturated rings. The molecule has 0 radical (unpaired) electrons. The Balaban J connectivity index is 2.13. The molecule has 5 N–H and O–H groups in total. The number of rotatable bonds is 3. The predicted molar refractivity (Wildman–Crippen MR) is 59.6 cm³/mol. The monoisotopic (exact) mass is 254 g/mol. The quantitative estimate of drug-likeness (QED) is 0.314. The summed E-state index contributed by atoms with van der Waals surface area (Å²) in [6.07, 6.45) is 1.40. The molecule has 0 aliphatic carbocycles.